The van der Waals surface area contributed by atoms with E-state index in [0.29, 0.717) is 32.2 Å². The number of hydrogen-bond acceptors (Lipinski definition) is 7. The minimum Gasteiger partial charge on any atom is -0.445 e. The lowest BCUT2D eigenvalue weighted by Gasteiger charge is -2.30. The number of benzene rings is 2. The number of likely N-dealkylation sites (tertiary alicyclic amines) is 1. The number of β-amino-alcohol motifs (C(OH)–C–C–N with tert-alkyl or cyclic N) is 1. The number of amides is 4. The molecule has 0 aromatic heterocycles. The summed E-state index contributed by atoms with van der Waals surface area (Å²) in [6.07, 6.45) is -0.701. The molecule has 2 aromatic carbocycles. The second kappa shape index (κ2) is 18.0. The van der Waals surface area contributed by atoms with E-state index < -0.39 is 42.3 Å². The number of nitrogens with one attached hydrogen (secondary N) is 3. The molecule has 1 saturated heterocycles. The first kappa shape index (κ1) is 35.4. The fourth-order valence-electron chi connectivity index (χ4n) is 5.22. The molecule has 2 unspecified atom stereocenters. The van der Waals surface area contributed by atoms with Gasteiger partial charge in [0, 0.05) is 13.1 Å². The predicted molar refractivity (Wildman–Crippen MR) is 170 cm³/mol. The maximum atomic E-state index is 13.6. The number of carbonyl (C=O) groups is 4. The smallest absolute Gasteiger partial charge is 0.408 e. The van der Waals surface area contributed by atoms with Gasteiger partial charge >= 0.3 is 12.2 Å². The molecule has 0 radical (unpaired) electrons. The summed E-state index contributed by atoms with van der Waals surface area (Å²) in [5.41, 5.74) is 1.66. The molecule has 11 nitrogen and oxygen atoms in total. The van der Waals surface area contributed by atoms with Gasteiger partial charge in [-0.3, -0.25) is 9.59 Å². The zero-order valence-corrected chi connectivity index (χ0v) is 26.7. The number of ether oxygens (including phenoxy) is 2. The summed E-state index contributed by atoms with van der Waals surface area (Å²) in [5, 5.41) is 19.4. The summed E-state index contributed by atoms with van der Waals surface area (Å²) in [7, 11) is 0. The maximum absolute atomic E-state index is 13.6. The number of aliphatic hydroxyl groups is 1. The highest BCUT2D eigenvalue weighted by Crippen LogP contribution is 2.17. The molecule has 4 amide bonds. The van der Waals surface area contributed by atoms with E-state index in [9.17, 15) is 24.3 Å². The van der Waals surface area contributed by atoms with E-state index in [0.717, 1.165) is 11.1 Å². The summed E-state index contributed by atoms with van der Waals surface area (Å²) < 4.78 is 10.7. The average Bonchev–Trinajstić information content (AvgIpc) is 3.19. The van der Waals surface area contributed by atoms with Gasteiger partial charge in [-0.15, -0.1) is 0 Å². The molecule has 11 heteroatoms. The summed E-state index contributed by atoms with van der Waals surface area (Å²) >= 11 is 0. The number of alkyl carbamates (subject to hydrolysis) is 2. The van der Waals surface area contributed by atoms with Crippen LogP contribution in [-0.2, 0) is 32.3 Å². The molecule has 0 saturated carbocycles. The fourth-order valence-corrected chi connectivity index (χ4v) is 5.22. The van der Waals surface area contributed by atoms with Gasteiger partial charge in [0.2, 0.25) is 11.8 Å². The van der Waals surface area contributed by atoms with Crippen molar-refractivity contribution in [2.75, 3.05) is 13.1 Å². The topological polar surface area (TPSA) is 146 Å². The van der Waals surface area contributed by atoms with Crippen LogP contribution in [0.2, 0.25) is 0 Å². The highest BCUT2D eigenvalue weighted by atomic mass is 16.6. The van der Waals surface area contributed by atoms with Crippen LogP contribution in [-0.4, -0.2) is 71.3 Å². The van der Waals surface area contributed by atoms with E-state index in [4.69, 9.17) is 9.47 Å². The van der Waals surface area contributed by atoms with Crippen molar-refractivity contribution in [3.05, 3.63) is 71.8 Å². The SMILES string of the molecule is CC(C)C[C@H](NC(=O)OCc1ccccc1)C(=O)NC1CCCN(C(=O)[C@H](CC(C)C)NC(=O)OCc2ccccc2)CC1O. The minimum absolute atomic E-state index is 0.0134. The third-order valence-corrected chi connectivity index (χ3v) is 7.49. The van der Waals surface area contributed by atoms with Gasteiger partial charge in [0.15, 0.2) is 0 Å². The third kappa shape index (κ3) is 12.4. The Bertz CT molecular complexity index is 1230. The summed E-state index contributed by atoms with van der Waals surface area (Å²) in [5.74, 6) is -0.522. The number of carbonyl (C=O) groups excluding carboxylic acids is 4. The molecule has 1 aliphatic rings. The Morgan fingerprint density at radius 3 is 1.80 bits per heavy atom. The van der Waals surface area contributed by atoms with Gasteiger partial charge in [-0.05, 0) is 48.6 Å². The summed E-state index contributed by atoms with van der Waals surface area (Å²) in [6.45, 7) is 8.30. The van der Waals surface area contributed by atoms with E-state index in [-0.39, 0.29) is 37.5 Å². The first-order valence-electron chi connectivity index (χ1n) is 15.7. The van der Waals surface area contributed by atoms with Crippen molar-refractivity contribution in [2.45, 2.75) is 90.8 Å². The van der Waals surface area contributed by atoms with E-state index in [1.165, 1.54) is 4.90 Å². The molecule has 0 aliphatic carbocycles. The molecule has 0 spiro atoms. The quantitative estimate of drug-likeness (QED) is 0.262. The molecular weight excluding hydrogens is 576 g/mol. The highest BCUT2D eigenvalue weighted by Gasteiger charge is 2.34. The molecule has 4 N–H and O–H groups in total. The molecule has 1 aliphatic heterocycles. The third-order valence-electron chi connectivity index (χ3n) is 7.49. The van der Waals surface area contributed by atoms with Crippen molar-refractivity contribution in [3.8, 4) is 0 Å². The van der Waals surface area contributed by atoms with Gasteiger partial charge in [0.25, 0.3) is 0 Å². The normalized spacial score (nSPS) is 18.0. The standard InChI is InChI=1S/C34H48N4O7/c1-23(2)18-28(36-33(42)44-21-25-12-7-5-8-13-25)31(40)35-27-16-11-17-38(20-30(27)39)32(41)29(19-24(3)4)37-34(43)45-22-26-14-9-6-10-15-26/h5-10,12-15,23-24,27-30,39H,11,16-22H2,1-4H3,(H,35,40)(H,36,42)(H,37,43)/t27?,28-,29-,30?/m0/s1. The van der Waals surface area contributed by atoms with Crippen LogP contribution >= 0.6 is 0 Å². The average molecular weight is 625 g/mol. The molecule has 1 heterocycles. The molecule has 246 valence electrons. The molecule has 45 heavy (non-hydrogen) atoms. The van der Waals surface area contributed by atoms with Gasteiger partial charge in [0.1, 0.15) is 25.3 Å². The van der Waals surface area contributed by atoms with Crippen LogP contribution in [0.25, 0.3) is 0 Å². The van der Waals surface area contributed by atoms with Crippen LogP contribution in [0.15, 0.2) is 60.7 Å². The number of hydrogen-bond donors (Lipinski definition) is 4. The molecule has 4 atom stereocenters. The minimum atomic E-state index is -1.05. The van der Waals surface area contributed by atoms with E-state index >= 15 is 0 Å². The van der Waals surface area contributed by atoms with Gasteiger partial charge in [-0.1, -0.05) is 88.4 Å². The lowest BCUT2D eigenvalue weighted by Crippen LogP contribution is -2.55. The van der Waals surface area contributed by atoms with Gasteiger partial charge in [-0.25, -0.2) is 9.59 Å². The highest BCUT2D eigenvalue weighted by molar-refractivity contribution is 5.86. The van der Waals surface area contributed by atoms with E-state index in [1.54, 1.807) is 0 Å². The maximum Gasteiger partial charge on any atom is 0.408 e. The van der Waals surface area contributed by atoms with Crippen molar-refractivity contribution in [1.82, 2.24) is 20.9 Å². The fraction of sp³-hybridized carbons (Fsp3) is 0.529. The number of nitrogens with zero attached hydrogens (tertiary/aromatic N) is 1. The summed E-state index contributed by atoms with van der Waals surface area (Å²) in [4.78, 5) is 53.5. The Morgan fingerprint density at radius 1 is 0.800 bits per heavy atom. The molecule has 0 bridgehead atoms. The Morgan fingerprint density at radius 2 is 1.29 bits per heavy atom. The van der Waals surface area contributed by atoms with E-state index in [1.807, 2.05) is 88.4 Å². The van der Waals surface area contributed by atoms with Crippen LogP contribution in [0.4, 0.5) is 9.59 Å². The second-order valence-corrected chi connectivity index (χ2v) is 12.4. The molecule has 2 aromatic rings. The monoisotopic (exact) mass is 624 g/mol. The van der Waals surface area contributed by atoms with Gasteiger partial charge in [0.05, 0.1) is 12.1 Å². The van der Waals surface area contributed by atoms with Crippen LogP contribution in [0.3, 0.4) is 0 Å². The molecular formula is C34H48N4O7. The van der Waals surface area contributed by atoms with Gasteiger partial charge in [-0.2, -0.15) is 0 Å². The van der Waals surface area contributed by atoms with E-state index in [2.05, 4.69) is 16.0 Å². The second-order valence-electron chi connectivity index (χ2n) is 12.4. The zero-order valence-electron chi connectivity index (χ0n) is 26.7. The van der Waals surface area contributed by atoms with Crippen molar-refractivity contribution in [3.63, 3.8) is 0 Å². The summed E-state index contributed by atoms with van der Waals surface area (Å²) in [6, 6.07) is 16.2. The van der Waals surface area contributed by atoms with Crippen molar-refractivity contribution < 1.29 is 33.8 Å². The zero-order chi connectivity index (χ0) is 32.8. The van der Waals surface area contributed by atoms with Crippen molar-refractivity contribution in [2.24, 2.45) is 11.8 Å². The molecule has 1 fully saturated rings. The van der Waals surface area contributed by atoms with Crippen molar-refractivity contribution >= 4 is 24.0 Å². The first-order chi connectivity index (χ1) is 21.5. The first-order valence-corrected chi connectivity index (χ1v) is 15.7. The van der Waals surface area contributed by atoms with Gasteiger partial charge < -0.3 is 35.4 Å². The lowest BCUT2D eigenvalue weighted by atomic mass is 10.0. The Balaban J connectivity index is 1.57. The molecule has 3 rings (SSSR count). The van der Waals surface area contributed by atoms with Crippen LogP contribution < -0.4 is 16.0 Å². The Labute approximate surface area is 266 Å². The Hall–Kier alpha value is -4.12. The number of aliphatic hydroxyl groups excluding tert-OH is 1. The predicted octanol–water partition coefficient (Wildman–Crippen LogP) is 4.14. The Kier molecular flexibility index (Phi) is 14.1. The largest absolute Gasteiger partial charge is 0.445 e. The number of rotatable bonds is 13. The van der Waals surface area contributed by atoms with Crippen molar-refractivity contribution in [1.29, 1.82) is 0 Å². The lowest BCUT2D eigenvalue weighted by molar-refractivity contribution is -0.135. The van der Waals surface area contributed by atoms with Crippen LogP contribution in [0, 0.1) is 11.8 Å². The van der Waals surface area contributed by atoms with Crippen LogP contribution in [0.5, 0.6) is 0 Å². The van der Waals surface area contributed by atoms with Crippen LogP contribution in [0.1, 0.15) is 64.5 Å².